The van der Waals surface area contributed by atoms with E-state index in [0.29, 0.717) is 26.2 Å². The first-order valence-electron chi connectivity index (χ1n) is 10.7. The minimum atomic E-state index is -0.507. The maximum Gasteiger partial charge on any atom is 0.410 e. The van der Waals surface area contributed by atoms with E-state index in [1.807, 2.05) is 75.4 Å². The number of aryl methyl sites for hydroxylation is 2. The smallest absolute Gasteiger partial charge is 0.410 e. The molecule has 1 aromatic carbocycles. The van der Waals surface area contributed by atoms with Gasteiger partial charge < -0.3 is 15.0 Å². The quantitative estimate of drug-likeness (QED) is 0.810. The number of hydrogen-bond acceptors (Lipinski definition) is 5. The molecule has 0 saturated carbocycles. The first-order chi connectivity index (χ1) is 14.5. The molecule has 0 bridgehead atoms. The zero-order valence-electron chi connectivity index (χ0n) is 19.4. The number of amides is 2. The normalized spacial score (nSPS) is 15.1. The van der Waals surface area contributed by atoms with Crippen molar-refractivity contribution in [2.75, 3.05) is 38.0 Å². The van der Waals surface area contributed by atoms with Crippen molar-refractivity contribution in [3.63, 3.8) is 0 Å². The maximum absolute atomic E-state index is 12.7. The number of carbonyl (C=O) groups is 2. The maximum atomic E-state index is 12.7. The Bertz CT molecular complexity index is 935. The molecule has 0 radical (unpaired) electrons. The van der Waals surface area contributed by atoms with Gasteiger partial charge in [-0.3, -0.25) is 9.69 Å². The van der Waals surface area contributed by atoms with Crippen molar-refractivity contribution in [3.8, 4) is 5.69 Å². The molecule has 0 aliphatic carbocycles. The summed E-state index contributed by atoms with van der Waals surface area (Å²) < 4.78 is 7.28. The van der Waals surface area contributed by atoms with Crippen LogP contribution in [-0.4, -0.2) is 69.9 Å². The van der Waals surface area contributed by atoms with Crippen LogP contribution < -0.4 is 5.32 Å². The van der Waals surface area contributed by atoms with Crippen LogP contribution >= 0.6 is 0 Å². The lowest BCUT2D eigenvalue weighted by Gasteiger charge is -2.35. The van der Waals surface area contributed by atoms with E-state index in [-0.39, 0.29) is 18.5 Å². The Kier molecular flexibility index (Phi) is 6.69. The molecule has 0 unspecified atom stereocenters. The molecule has 1 saturated heterocycles. The summed E-state index contributed by atoms with van der Waals surface area (Å²) in [6.45, 7) is 14.1. The highest BCUT2D eigenvalue weighted by Crippen LogP contribution is 2.23. The van der Waals surface area contributed by atoms with Gasteiger partial charge in [0.25, 0.3) is 0 Å². The number of hydrogen-bond donors (Lipinski definition) is 1. The molecular weight excluding hydrogens is 394 g/mol. The predicted molar refractivity (Wildman–Crippen MR) is 121 cm³/mol. The van der Waals surface area contributed by atoms with Crippen LogP contribution in [0.15, 0.2) is 24.3 Å². The molecule has 8 heteroatoms. The van der Waals surface area contributed by atoms with Crippen molar-refractivity contribution >= 4 is 17.7 Å². The second kappa shape index (κ2) is 9.09. The second-order valence-corrected chi connectivity index (χ2v) is 9.08. The number of rotatable bonds is 4. The van der Waals surface area contributed by atoms with Gasteiger partial charge in [0, 0.05) is 26.2 Å². The Morgan fingerprint density at radius 1 is 1.03 bits per heavy atom. The highest BCUT2D eigenvalue weighted by atomic mass is 16.6. The number of nitrogens with one attached hydrogen (secondary N) is 1. The number of ether oxygens (including phenoxy) is 1. The molecule has 3 rings (SSSR count). The minimum Gasteiger partial charge on any atom is -0.444 e. The van der Waals surface area contributed by atoms with Crippen molar-refractivity contribution in [3.05, 3.63) is 41.2 Å². The summed E-state index contributed by atoms with van der Waals surface area (Å²) >= 11 is 0. The number of anilines is 1. The molecule has 31 heavy (non-hydrogen) atoms. The molecule has 0 spiro atoms. The monoisotopic (exact) mass is 427 g/mol. The molecule has 2 amide bonds. The second-order valence-electron chi connectivity index (χ2n) is 9.08. The third-order valence-corrected chi connectivity index (χ3v) is 5.23. The van der Waals surface area contributed by atoms with Crippen LogP contribution in [0.5, 0.6) is 0 Å². The fraction of sp³-hybridized carbons (Fsp3) is 0.522. The highest BCUT2D eigenvalue weighted by molar-refractivity contribution is 5.93. The van der Waals surface area contributed by atoms with Gasteiger partial charge in [-0.15, -0.1) is 0 Å². The standard InChI is InChI=1S/C23H33N5O3/c1-16-7-9-19(10-8-16)28-18(3)21(17(2)25-28)24-20(29)15-26-11-13-27(14-12-26)22(30)31-23(4,5)6/h7-10H,11-15H2,1-6H3,(H,24,29). The van der Waals surface area contributed by atoms with Crippen molar-refractivity contribution < 1.29 is 14.3 Å². The van der Waals surface area contributed by atoms with Gasteiger partial charge >= 0.3 is 6.09 Å². The van der Waals surface area contributed by atoms with Gasteiger partial charge in [0.05, 0.1) is 29.3 Å². The predicted octanol–water partition coefficient (Wildman–Crippen LogP) is 3.29. The summed E-state index contributed by atoms with van der Waals surface area (Å²) in [5.74, 6) is -0.0830. The fourth-order valence-corrected chi connectivity index (χ4v) is 3.56. The van der Waals surface area contributed by atoms with E-state index in [0.717, 1.165) is 22.8 Å². The number of aromatic nitrogens is 2. The molecule has 168 valence electrons. The van der Waals surface area contributed by atoms with Crippen LogP contribution in [0.3, 0.4) is 0 Å². The number of carbonyl (C=O) groups excluding carboxylic acids is 2. The Hall–Kier alpha value is -2.87. The number of nitrogens with zero attached hydrogens (tertiary/aromatic N) is 4. The summed E-state index contributed by atoms with van der Waals surface area (Å²) in [5, 5.41) is 7.62. The summed E-state index contributed by atoms with van der Waals surface area (Å²) in [6, 6.07) is 8.12. The van der Waals surface area contributed by atoms with Crippen molar-refractivity contribution in [2.24, 2.45) is 0 Å². The van der Waals surface area contributed by atoms with E-state index in [2.05, 4.69) is 10.4 Å². The van der Waals surface area contributed by atoms with Crippen LogP contribution in [0.4, 0.5) is 10.5 Å². The largest absolute Gasteiger partial charge is 0.444 e. The number of piperazine rings is 1. The molecule has 1 aromatic heterocycles. The van der Waals surface area contributed by atoms with E-state index in [1.165, 1.54) is 5.56 Å². The Morgan fingerprint density at radius 2 is 1.65 bits per heavy atom. The van der Waals surface area contributed by atoms with Crippen molar-refractivity contribution in [1.82, 2.24) is 19.6 Å². The molecule has 8 nitrogen and oxygen atoms in total. The van der Waals surface area contributed by atoms with E-state index < -0.39 is 5.60 Å². The third kappa shape index (κ3) is 5.85. The first-order valence-corrected chi connectivity index (χ1v) is 10.7. The average molecular weight is 428 g/mol. The van der Waals surface area contributed by atoms with Crippen LogP contribution in [0.2, 0.25) is 0 Å². The molecule has 1 fully saturated rings. The Morgan fingerprint density at radius 3 is 2.23 bits per heavy atom. The van der Waals surface area contributed by atoms with E-state index in [9.17, 15) is 9.59 Å². The zero-order chi connectivity index (χ0) is 22.8. The molecule has 1 aliphatic heterocycles. The van der Waals surface area contributed by atoms with Gasteiger partial charge in [-0.05, 0) is 53.7 Å². The van der Waals surface area contributed by atoms with E-state index >= 15 is 0 Å². The van der Waals surface area contributed by atoms with Crippen LogP contribution in [-0.2, 0) is 9.53 Å². The van der Waals surface area contributed by atoms with Crippen molar-refractivity contribution in [1.29, 1.82) is 0 Å². The van der Waals surface area contributed by atoms with Gasteiger partial charge in [0.15, 0.2) is 0 Å². The lowest BCUT2D eigenvalue weighted by atomic mass is 10.2. The SMILES string of the molecule is Cc1ccc(-n2nc(C)c(NC(=O)CN3CCN(C(=O)OC(C)(C)C)CC3)c2C)cc1. The summed E-state index contributed by atoms with van der Waals surface area (Å²) in [6.07, 6.45) is -0.300. The number of benzene rings is 1. The zero-order valence-corrected chi connectivity index (χ0v) is 19.4. The van der Waals surface area contributed by atoms with Crippen LogP contribution in [0.1, 0.15) is 37.7 Å². The van der Waals surface area contributed by atoms with Gasteiger partial charge in [-0.2, -0.15) is 5.10 Å². The Labute approximate surface area is 184 Å². The minimum absolute atomic E-state index is 0.0830. The summed E-state index contributed by atoms with van der Waals surface area (Å²) in [7, 11) is 0. The van der Waals surface area contributed by atoms with Gasteiger partial charge in [-0.1, -0.05) is 17.7 Å². The lowest BCUT2D eigenvalue weighted by Crippen LogP contribution is -2.51. The molecular formula is C23H33N5O3. The van der Waals surface area contributed by atoms with Gasteiger partial charge in [0.1, 0.15) is 5.60 Å². The lowest BCUT2D eigenvalue weighted by molar-refractivity contribution is -0.117. The van der Waals surface area contributed by atoms with Crippen molar-refractivity contribution in [2.45, 2.75) is 47.1 Å². The average Bonchev–Trinajstić information content (AvgIpc) is 2.96. The van der Waals surface area contributed by atoms with E-state index in [4.69, 9.17) is 4.74 Å². The topological polar surface area (TPSA) is 79.7 Å². The van der Waals surface area contributed by atoms with Gasteiger partial charge in [0.2, 0.25) is 5.91 Å². The van der Waals surface area contributed by atoms with E-state index in [1.54, 1.807) is 4.90 Å². The molecule has 1 aliphatic rings. The Balaban J connectivity index is 1.56. The first kappa shape index (κ1) is 22.8. The molecule has 0 atom stereocenters. The third-order valence-electron chi connectivity index (χ3n) is 5.23. The van der Waals surface area contributed by atoms with Gasteiger partial charge in [-0.25, -0.2) is 9.48 Å². The molecule has 2 heterocycles. The highest BCUT2D eigenvalue weighted by Gasteiger charge is 2.27. The summed E-state index contributed by atoms with van der Waals surface area (Å²) in [4.78, 5) is 28.6. The molecule has 1 N–H and O–H groups in total. The van der Waals surface area contributed by atoms with Crippen LogP contribution in [0, 0.1) is 20.8 Å². The van der Waals surface area contributed by atoms with Crippen LogP contribution in [0.25, 0.3) is 5.69 Å². The fourth-order valence-electron chi connectivity index (χ4n) is 3.56. The summed E-state index contributed by atoms with van der Waals surface area (Å²) in [5.41, 5.74) is 4.06. The molecule has 2 aromatic rings.